The Morgan fingerprint density at radius 2 is 2.24 bits per heavy atom. The zero-order valence-electron chi connectivity index (χ0n) is 12.0. The Morgan fingerprint density at radius 3 is 2.86 bits per heavy atom. The first kappa shape index (κ1) is 15.5. The van der Waals surface area contributed by atoms with Crippen LogP contribution in [-0.2, 0) is 0 Å². The Morgan fingerprint density at radius 1 is 1.52 bits per heavy atom. The Bertz CT molecular complexity index is 598. The molecule has 1 aliphatic heterocycles. The van der Waals surface area contributed by atoms with Gasteiger partial charge in [-0.3, -0.25) is 4.72 Å². The second-order valence-electron chi connectivity index (χ2n) is 5.27. The maximum atomic E-state index is 11.8. The number of nitrogens with zero attached hydrogens (tertiary/aromatic N) is 1. The number of nitriles is 1. The Labute approximate surface area is 127 Å². The van der Waals surface area contributed by atoms with Crippen LogP contribution in [0.3, 0.4) is 0 Å². The van der Waals surface area contributed by atoms with E-state index < -0.39 is 23.8 Å². The van der Waals surface area contributed by atoms with Crippen LogP contribution in [0.15, 0.2) is 18.2 Å². The van der Waals surface area contributed by atoms with Crippen LogP contribution >= 0.6 is 11.9 Å². The van der Waals surface area contributed by atoms with Crippen molar-refractivity contribution in [2.45, 2.75) is 31.6 Å². The van der Waals surface area contributed by atoms with Crippen LogP contribution < -0.4 is 14.8 Å². The number of amides is 2. The van der Waals surface area contributed by atoms with E-state index in [1.165, 1.54) is 0 Å². The third-order valence-corrected chi connectivity index (χ3v) is 3.75. The first-order valence-corrected chi connectivity index (χ1v) is 7.62. The van der Waals surface area contributed by atoms with Gasteiger partial charge in [0.05, 0.1) is 17.7 Å². The van der Waals surface area contributed by atoms with Crippen LogP contribution in [0, 0.1) is 11.3 Å². The molecule has 7 heteroatoms. The fourth-order valence-corrected chi connectivity index (χ4v) is 2.53. The maximum Gasteiger partial charge on any atom is 0.325 e. The van der Waals surface area contributed by atoms with E-state index in [-0.39, 0.29) is 0 Å². The molecule has 0 spiro atoms. The van der Waals surface area contributed by atoms with Crippen molar-refractivity contribution in [1.29, 1.82) is 5.26 Å². The third kappa shape index (κ3) is 3.06. The second-order valence-corrected chi connectivity index (χ2v) is 5.88. The van der Waals surface area contributed by atoms with Crippen molar-refractivity contribution in [3.05, 3.63) is 29.3 Å². The number of fused-ring (bicyclic) bond motifs is 1. The predicted octanol–water partition coefficient (Wildman–Crippen LogP) is 1.71. The van der Waals surface area contributed by atoms with Crippen molar-refractivity contribution >= 4 is 18.0 Å². The van der Waals surface area contributed by atoms with E-state index in [9.17, 15) is 9.90 Å². The van der Waals surface area contributed by atoms with Crippen LogP contribution in [0.5, 0.6) is 5.75 Å². The number of nitrogens with one attached hydrogen (secondary N) is 2. The zero-order valence-corrected chi connectivity index (χ0v) is 12.8. The lowest BCUT2D eigenvalue weighted by Gasteiger charge is -2.42. The minimum atomic E-state index is -0.938. The standard InChI is InChI=1S/C14H17N3O3S/c1-14(2)12(18)11(16-13(19)17-21-3)9-6-8(7-15)4-5-10(9)20-14/h4-6,11-12,18H,1-3H3,(H2,16,17,19). The largest absolute Gasteiger partial charge is 0.485 e. The lowest BCUT2D eigenvalue weighted by atomic mass is 9.86. The molecular weight excluding hydrogens is 290 g/mol. The van der Waals surface area contributed by atoms with Crippen molar-refractivity contribution in [3.8, 4) is 11.8 Å². The number of aliphatic hydroxyl groups excluding tert-OH is 1. The molecule has 0 fully saturated rings. The number of hydrogen-bond donors (Lipinski definition) is 3. The molecule has 0 bridgehead atoms. The molecule has 1 aromatic rings. The minimum Gasteiger partial charge on any atom is -0.485 e. The lowest BCUT2D eigenvalue weighted by Crippen LogP contribution is -2.54. The van der Waals surface area contributed by atoms with Gasteiger partial charge in [-0.25, -0.2) is 4.79 Å². The van der Waals surface area contributed by atoms with Gasteiger partial charge in [0.1, 0.15) is 17.5 Å². The average molecular weight is 307 g/mol. The lowest BCUT2D eigenvalue weighted by molar-refractivity contribution is -0.0620. The monoisotopic (exact) mass is 307 g/mol. The van der Waals surface area contributed by atoms with Crippen LogP contribution in [-0.4, -0.2) is 29.1 Å². The van der Waals surface area contributed by atoms with E-state index in [2.05, 4.69) is 10.0 Å². The molecule has 112 valence electrons. The molecule has 1 aromatic carbocycles. The minimum absolute atomic E-state index is 0.405. The topological polar surface area (TPSA) is 94.4 Å². The predicted molar refractivity (Wildman–Crippen MR) is 79.8 cm³/mol. The van der Waals surface area contributed by atoms with Gasteiger partial charge in [0.25, 0.3) is 0 Å². The van der Waals surface area contributed by atoms with Gasteiger partial charge in [-0.1, -0.05) is 11.9 Å². The molecule has 0 radical (unpaired) electrons. The summed E-state index contributed by atoms with van der Waals surface area (Å²) >= 11 is 1.16. The molecule has 3 N–H and O–H groups in total. The first-order valence-electron chi connectivity index (χ1n) is 6.39. The number of ether oxygens (including phenoxy) is 1. The first-order chi connectivity index (χ1) is 9.89. The molecule has 0 aromatic heterocycles. The molecule has 0 saturated heterocycles. The molecule has 2 rings (SSSR count). The van der Waals surface area contributed by atoms with Crippen molar-refractivity contribution in [2.24, 2.45) is 0 Å². The number of aliphatic hydroxyl groups is 1. The fourth-order valence-electron chi connectivity index (χ4n) is 2.29. The van der Waals surface area contributed by atoms with E-state index in [0.29, 0.717) is 16.9 Å². The van der Waals surface area contributed by atoms with Crippen molar-refractivity contribution in [2.75, 3.05) is 6.26 Å². The van der Waals surface area contributed by atoms with E-state index in [1.807, 2.05) is 6.07 Å². The maximum absolute atomic E-state index is 11.8. The molecule has 2 atom stereocenters. The number of urea groups is 1. The number of benzene rings is 1. The van der Waals surface area contributed by atoms with E-state index in [4.69, 9.17) is 10.00 Å². The van der Waals surface area contributed by atoms with E-state index in [0.717, 1.165) is 11.9 Å². The molecule has 21 heavy (non-hydrogen) atoms. The highest BCUT2D eigenvalue weighted by molar-refractivity contribution is 7.97. The van der Waals surface area contributed by atoms with Gasteiger partial charge in [0.15, 0.2) is 0 Å². The molecule has 6 nitrogen and oxygen atoms in total. The highest BCUT2D eigenvalue weighted by Gasteiger charge is 2.43. The quantitative estimate of drug-likeness (QED) is 0.723. The summed E-state index contributed by atoms with van der Waals surface area (Å²) in [7, 11) is 0. The summed E-state index contributed by atoms with van der Waals surface area (Å²) in [5.74, 6) is 0.554. The van der Waals surface area contributed by atoms with Crippen LogP contribution in [0.1, 0.15) is 31.0 Å². The van der Waals surface area contributed by atoms with Gasteiger partial charge in [-0.2, -0.15) is 5.26 Å². The number of rotatable bonds is 2. The van der Waals surface area contributed by atoms with E-state index in [1.54, 1.807) is 38.3 Å². The van der Waals surface area contributed by atoms with Gasteiger partial charge in [0.2, 0.25) is 0 Å². The van der Waals surface area contributed by atoms with Crippen LogP contribution in [0.4, 0.5) is 4.79 Å². The fraction of sp³-hybridized carbons (Fsp3) is 0.429. The Hall–Kier alpha value is -1.91. The van der Waals surface area contributed by atoms with Crippen molar-refractivity contribution < 1.29 is 14.6 Å². The summed E-state index contributed by atoms with van der Waals surface area (Å²) in [5.41, 5.74) is 0.191. The Balaban J connectivity index is 2.42. The van der Waals surface area contributed by atoms with Crippen molar-refractivity contribution in [3.63, 3.8) is 0 Å². The van der Waals surface area contributed by atoms with Gasteiger partial charge >= 0.3 is 6.03 Å². The normalized spacial score (nSPS) is 22.4. The SMILES string of the molecule is CSNC(=O)NC1c2cc(C#N)ccc2OC(C)(C)C1O. The number of carbonyl (C=O) groups excluding carboxylic acids is 1. The molecule has 2 amide bonds. The van der Waals surface area contributed by atoms with Gasteiger partial charge in [0, 0.05) is 11.8 Å². The van der Waals surface area contributed by atoms with E-state index >= 15 is 0 Å². The summed E-state index contributed by atoms with van der Waals surface area (Å²) in [6.45, 7) is 3.50. The van der Waals surface area contributed by atoms with Gasteiger partial charge < -0.3 is 15.2 Å². The summed E-state index contributed by atoms with van der Waals surface area (Å²) < 4.78 is 8.32. The molecule has 1 heterocycles. The summed E-state index contributed by atoms with van der Waals surface area (Å²) in [4.78, 5) is 11.8. The second kappa shape index (κ2) is 5.84. The summed E-state index contributed by atoms with van der Waals surface area (Å²) in [5, 5.41) is 22.2. The molecule has 0 aliphatic carbocycles. The smallest absolute Gasteiger partial charge is 0.325 e. The Kier molecular flexibility index (Phi) is 4.30. The number of hydrogen-bond acceptors (Lipinski definition) is 5. The molecule has 2 unspecified atom stereocenters. The molecule has 1 aliphatic rings. The average Bonchev–Trinajstić information content (AvgIpc) is 2.43. The molecule has 0 saturated carbocycles. The number of carbonyl (C=O) groups is 1. The molecular formula is C14H17N3O3S. The highest BCUT2D eigenvalue weighted by Crippen LogP contribution is 2.40. The van der Waals surface area contributed by atoms with Crippen molar-refractivity contribution in [1.82, 2.24) is 10.0 Å². The highest BCUT2D eigenvalue weighted by atomic mass is 32.2. The third-order valence-electron chi connectivity index (χ3n) is 3.36. The zero-order chi connectivity index (χ0) is 15.6. The summed E-state index contributed by atoms with van der Waals surface area (Å²) in [6.07, 6.45) is 0.789. The van der Waals surface area contributed by atoms with Gasteiger partial charge in [-0.15, -0.1) is 0 Å². The van der Waals surface area contributed by atoms with Crippen LogP contribution in [0.2, 0.25) is 0 Å². The van der Waals surface area contributed by atoms with Gasteiger partial charge in [-0.05, 0) is 32.0 Å². The van der Waals surface area contributed by atoms with Crippen LogP contribution in [0.25, 0.3) is 0 Å². The summed E-state index contributed by atoms with van der Waals surface area (Å²) in [6, 6.07) is 5.94.